The van der Waals surface area contributed by atoms with Crippen molar-refractivity contribution in [3.63, 3.8) is 0 Å². The molecule has 6 nitrogen and oxygen atoms in total. The number of carbonyl (C=O) groups is 1. The Kier molecular flexibility index (Phi) is 6.74. The zero-order valence-electron chi connectivity index (χ0n) is 15.7. The van der Waals surface area contributed by atoms with Gasteiger partial charge in [0.05, 0.1) is 5.75 Å². The molecular formula is C18H27BrN2O4S. The smallest absolute Gasteiger partial charge is 0.410 e. The molecule has 0 unspecified atom stereocenters. The number of benzene rings is 1. The van der Waals surface area contributed by atoms with Gasteiger partial charge in [-0.05, 0) is 51.3 Å². The molecule has 1 heterocycles. The van der Waals surface area contributed by atoms with E-state index < -0.39 is 15.6 Å². The van der Waals surface area contributed by atoms with Crippen molar-refractivity contribution in [3.05, 3.63) is 34.3 Å². The fraction of sp³-hybridized carbons (Fsp3) is 0.611. The monoisotopic (exact) mass is 446 g/mol. The molecule has 8 heteroatoms. The molecule has 0 aromatic heterocycles. The molecule has 0 atom stereocenters. The minimum Gasteiger partial charge on any atom is -0.444 e. The summed E-state index contributed by atoms with van der Waals surface area (Å²) in [6.07, 6.45) is 0.876. The van der Waals surface area contributed by atoms with E-state index in [9.17, 15) is 13.2 Å². The van der Waals surface area contributed by atoms with Gasteiger partial charge in [-0.25, -0.2) is 17.5 Å². The molecule has 1 aromatic rings. The van der Waals surface area contributed by atoms with Gasteiger partial charge in [-0.15, -0.1) is 0 Å². The van der Waals surface area contributed by atoms with Crippen molar-refractivity contribution in [3.8, 4) is 0 Å². The summed E-state index contributed by atoms with van der Waals surface area (Å²) in [4.78, 5) is 13.8. The average molecular weight is 447 g/mol. The van der Waals surface area contributed by atoms with Crippen LogP contribution in [0, 0.1) is 0 Å². The lowest BCUT2D eigenvalue weighted by Gasteiger charge is -2.36. The van der Waals surface area contributed by atoms with E-state index in [4.69, 9.17) is 4.74 Å². The van der Waals surface area contributed by atoms with Gasteiger partial charge in [0.2, 0.25) is 10.0 Å². The molecule has 26 heavy (non-hydrogen) atoms. The predicted molar refractivity (Wildman–Crippen MR) is 105 cm³/mol. The van der Waals surface area contributed by atoms with Crippen LogP contribution in [0.4, 0.5) is 4.79 Å². The molecule has 1 aliphatic rings. The Morgan fingerprint density at radius 2 is 1.77 bits per heavy atom. The second-order valence-corrected chi connectivity index (χ2v) is 10.5. The number of ether oxygens (including phenoxy) is 1. The fourth-order valence-electron chi connectivity index (χ4n) is 2.86. The third-order valence-electron chi connectivity index (χ3n) is 4.33. The first-order valence-electron chi connectivity index (χ1n) is 8.66. The van der Waals surface area contributed by atoms with E-state index in [0.29, 0.717) is 25.9 Å². The molecule has 1 amide bonds. The number of piperidine rings is 1. The second-order valence-electron chi connectivity index (χ2n) is 7.60. The van der Waals surface area contributed by atoms with Crippen LogP contribution in [-0.4, -0.2) is 55.5 Å². The molecule has 146 valence electrons. The molecule has 0 radical (unpaired) electrons. The molecular weight excluding hydrogens is 420 g/mol. The summed E-state index contributed by atoms with van der Waals surface area (Å²) in [6.45, 7) is 6.50. The Morgan fingerprint density at radius 1 is 1.23 bits per heavy atom. The van der Waals surface area contributed by atoms with Crippen molar-refractivity contribution < 1.29 is 17.9 Å². The zero-order chi connectivity index (χ0) is 19.5. The number of sulfonamides is 1. The largest absolute Gasteiger partial charge is 0.444 e. The van der Waals surface area contributed by atoms with Crippen LogP contribution in [-0.2, 0) is 20.5 Å². The second kappa shape index (κ2) is 8.27. The van der Waals surface area contributed by atoms with Crippen molar-refractivity contribution in [1.29, 1.82) is 0 Å². The third kappa shape index (κ3) is 5.96. The lowest BCUT2D eigenvalue weighted by molar-refractivity contribution is 0.0183. The normalized spacial score (nSPS) is 16.8. The standard InChI is InChI=1S/C18H27BrN2O4S/c1-18(2,3)25-17(22)21-11-9-16(10-12-21)20(4)26(23,24)13-14-5-7-15(19)8-6-14/h5-8,16H,9-13H2,1-4H3. The minimum absolute atomic E-state index is 0.0247. The van der Waals surface area contributed by atoms with Crippen LogP contribution in [0.2, 0.25) is 0 Å². The number of halogens is 1. The molecule has 1 aliphatic heterocycles. The average Bonchev–Trinajstić information content (AvgIpc) is 2.54. The maximum absolute atomic E-state index is 12.7. The van der Waals surface area contributed by atoms with Crippen LogP contribution in [0.5, 0.6) is 0 Å². The van der Waals surface area contributed by atoms with Crippen molar-refractivity contribution >= 4 is 32.0 Å². The number of rotatable bonds is 4. The van der Waals surface area contributed by atoms with E-state index >= 15 is 0 Å². The van der Waals surface area contributed by atoms with Gasteiger partial charge in [-0.3, -0.25) is 0 Å². The highest BCUT2D eigenvalue weighted by molar-refractivity contribution is 9.10. The molecule has 0 N–H and O–H groups in total. The van der Waals surface area contributed by atoms with Gasteiger partial charge in [0.15, 0.2) is 0 Å². The number of carbonyl (C=O) groups excluding carboxylic acids is 1. The molecule has 0 saturated carbocycles. The summed E-state index contributed by atoms with van der Waals surface area (Å²) in [5.41, 5.74) is 0.227. The van der Waals surface area contributed by atoms with E-state index in [-0.39, 0.29) is 17.9 Å². The highest BCUT2D eigenvalue weighted by Crippen LogP contribution is 2.22. The van der Waals surface area contributed by atoms with E-state index in [2.05, 4.69) is 15.9 Å². The van der Waals surface area contributed by atoms with Crippen LogP contribution in [0.15, 0.2) is 28.7 Å². The first kappa shape index (κ1) is 21.2. The SMILES string of the molecule is CN(C1CCN(C(=O)OC(C)(C)C)CC1)S(=O)(=O)Cc1ccc(Br)cc1. The number of hydrogen-bond donors (Lipinski definition) is 0. The summed E-state index contributed by atoms with van der Waals surface area (Å²) in [5, 5.41) is 0. The number of likely N-dealkylation sites (tertiary alicyclic amines) is 1. The molecule has 1 saturated heterocycles. The fourth-order valence-corrected chi connectivity index (χ4v) is 4.61. The molecule has 0 spiro atoms. The van der Waals surface area contributed by atoms with Crippen LogP contribution in [0.1, 0.15) is 39.2 Å². The lowest BCUT2D eigenvalue weighted by Crippen LogP contribution is -2.48. The van der Waals surface area contributed by atoms with Gasteiger partial charge in [-0.1, -0.05) is 28.1 Å². The molecule has 1 aromatic carbocycles. The maximum atomic E-state index is 12.7. The van der Waals surface area contributed by atoms with Crippen LogP contribution in [0.3, 0.4) is 0 Å². The summed E-state index contributed by atoms with van der Waals surface area (Å²) in [5.74, 6) is -0.0247. The van der Waals surface area contributed by atoms with Crippen molar-refractivity contribution in [2.45, 2.75) is 51.0 Å². The van der Waals surface area contributed by atoms with E-state index in [1.54, 1.807) is 24.1 Å². The molecule has 1 fully saturated rings. The van der Waals surface area contributed by atoms with E-state index in [0.717, 1.165) is 10.0 Å². The third-order valence-corrected chi connectivity index (χ3v) is 6.73. The Hall–Kier alpha value is -1.12. The van der Waals surface area contributed by atoms with Crippen molar-refractivity contribution in [2.75, 3.05) is 20.1 Å². The van der Waals surface area contributed by atoms with Gasteiger partial charge >= 0.3 is 6.09 Å². The van der Waals surface area contributed by atoms with Gasteiger partial charge in [-0.2, -0.15) is 0 Å². The molecule has 2 rings (SSSR count). The lowest BCUT2D eigenvalue weighted by atomic mass is 10.1. The summed E-state index contributed by atoms with van der Waals surface area (Å²) in [7, 11) is -1.78. The van der Waals surface area contributed by atoms with Crippen LogP contribution < -0.4 is 0 Å². The quantitative estimate of drug-likeness (QED) is 0.708. The highest BCUT2D eigenvalue weighted by atomic mass is 79.9. The topological polar surface area (TPSA) is 66.9 Å². The van der Waals surface area contributed by atoms with Gasteiger partial charge in [0.25, 0.3) is 0 Å². The molecule has 0 bridgehead atoms. The number of hydrogen-bond acceptors (Lipinski definition) is 4. The van der Waals surface area contributed by atoms with Crippen molar-refractivity contribution in [1.82, 2.24) is 9.21 Å². The van der Waals surface area contributed by atoms with Crippen molar-refractivity contribution in [2.24, 2.45) is 0 Å². The summed E-state index contributed by atoms with van der Waals surface area (Å²) >= 11 is 3.35. The summed E-state index contributed by atoms with van der Waals surface area (Å²) < 4.78 is 33.2. The van der Waals surface area contributed by atoms with Crippen LogP contribution in [0.25, 0.3) is 0 Å². The summed E-state index contributed by atoms with van der Waals surface area (Å²) in [6, 6.07) is 7.18. The van der Waals surface area contributed by atoms with E-state index in [1.807, 2.05) is 32.9 Å². The van der Waals surface area contributed by atoms with E-state index in [1.165, 1.54) is 4.31 Å². The number of amides is 1. The maximum Gasteiger partial charge on any atom is 0.410 e. The molecule has 0 aliphatic carbocycles. The minimum atomic E-state index is -3.41. The number of nitrogens with zero attached hydrogens (tertiary/aromatic N) is 2. The predicted octanol–water partition coefficient (Wildman–Crippen LogP) is 3.61. The van der Waals surface area contributed by atoms with Gasteiger partial charge in [0.1, 0.15) is 5.60 Å². The first-order valence-corrected chi connectivity index (χ1v) is 11.1. The Bertz CT molecular complexity index is 721. The Labute approximate surface area is 164 Å². The Morgan fingerprint density at radius 3 is 2.27 bits per heavy atom. The highest BCUT2D eigenvalue weighted by Gasteiger charge is 2.32. The zero-order valence-corrected chi connectivity index (χ0v) is 18.1. The van der Waals surface area contributed by atoms with Crippen LogP contribution >= 0.6 is 15.9 Å². The Balaban J connectivity index is 1.93. The van der Waals surface area contributed by atoms with Gasteiger partial charge < -0.3 is 9.64 Å². The first-order chi connectivity index (χ1) is 12.0. The van der Waals surface area contributed by atoms with Gasteiger partial charge in [0, 0.05) is 30.7 Å².